The van der Waals surface area contributed by atoms with Crippen LogP contribution in [0.4, 0.5) is 5.69 Å². The fourth-order valence-electron chi connectivity index (χ4n) is 6.23. The van der Waals surface area contributed by atoms with Crippen molar-refractivity contribution in [3.8, 4) is 5.75 Å². The molecule has 1 aliphatic heterocycles. The second-order valence-corrected chi connectivity index (χ2v) is 9.73. The van der Waals surface area contributed by atoms with Gasteiger partial charge in [-0.3, -0.25) is 14.4 Å². The van der Waals surface area contributed by atoms with Crippen LogP contribution in [0.5, 0.6) is 5.75 Å². The molecule has 0 N–H and O–H groups in total. The molecular formula is C32H27NO4. The number of allylic oxidation sites excluding steroid dienone is 3. The van der Waals surface area contributed by atoms with Crippen LogP contribution in [-0.4, -0.2) is 24.2 Å². The number of rotatable bonds is 6. The average Bonchev–Trinajstić information content (AvgIpc) is 3.55. The number of imide groups is 1. The number of anilines is 1. The van der Waals surface area contributed by atoms with Gasteiger partial charge in [0.1, 0.15) is 5.75 Å². The quantitative estimate of drug-likeness (QED) is 0.253. The first-order valence-electron chi connectivity index (χ1n) is 12.7. The Kier molecular flexibility index (Phi) is 5.64. The largest absolute Gasteiger partial charge is 0.492 e. The Labute approximate surface area is 216 Å². The maximum Gasteiger partial charge on any atom is 0.238 e. The molecule has 3 aromatic carbocycles. The minimum Gasteiger partial charge on any atom is -0.492 e. The lowest BCUT2D eigenvalue weighted by Crippen LogP contribution is -2.34. The molecule has 2 aliphatic carbocycles. The Hall–Kier alpha value is -4.25. The molecule has 6 rings (SSSR count). The van der Waals surface area contributed by atoms with E-state index in [1.165, 1.54) is 11.8 Å². The summed E-state index contributed by atoms with van der Waals surface area (Å²) in [5.41, 5.74) is 5.18. The number of benzene rings is 3. The third kappa shape index (κ3) is 3.57. The predicted octanol–water partition coefficient (Wildman–Crippen LogP) is 5.71. The highest BCUT2D eigenvalue weighted by Crippen LogP contribution is 2.59. The van der Waals surface area contributed by atoms with Crippen LogP contribution < -0.4 is 9.64 Å². The van der Waals surface area contributed by atoms with E-state index in [0.717, 1.165) is 22.3 Å². The van der Waals surface area contributed by atoms with Crippen molar-refractivity contribution < 1.29 is 19.1 Å². The monoisotopic (exact) mass is 489 g/mol. The summed E-state index contributed by atoms with van der Waals surface area (Å²) in [5.74, 6) is -1.45. The summed E-state index contributed by atoms with van der Waals surface area (Å²) in [7, 11) is 0. The molecule has 2 amide bonds. The van der Waals surface area contributed by atoms with Gasteiger partial charge in [-0.2, -0.15) is 0 Å². The highest BCUT2D eigenvalue weighted by molar-refractivity contribution is 6.24. The number of hydrogen-bond acceptors (Lipinski definition) is 4. The standard InChI is InChI=1S/C32H27NO4/c1-3-37-26-17-14-22(19(2)34)18-25(26)33-31(35)29-23-15-16-24(30(29)32(33)36)28(23)27(20-10-6-4-7-11-20)21-12-8-5-9-13-21/h4-18,23-24,29-30H,3H2,1-2H3/t23-,24-,29-,30+/m1/s1. The fraction of sp³-hybridized carbons (Fsp3) is 0.219. The van der Waals surface area contributed by atoms with Crippen LogP contribution >= 0.6 is 0 Å². The number of carbonyl (C=O) groups excluding carboxylic acids is 3. The van der Waals surface area contributed by atoms with Crippen LogP contribution in [0.25, 0.3) is 5.57 Å². The Bertz CT molecular complexity index is 1400. The minimum atomic E-state index is -0.476. The van der Waals surface area contributed by atoms with Gasteiger partial charge in [0, 0.05) is 17.4 Å². The van der Waals surface area contributed by atoms with Crippen LogP contribution in [0.2, 0.25) is 0 Å². The fourth-order valence-corrected chi connectivity index (χ4v) is 6.23. The Balaban J connectivity index is 1.47. The number of amides is 2. The average molecular weight is 490 g/mol. The van der Waals surface area contributed by atoms with E-state index in [1.54, 1.807) is 18.2 Å². The number of carbonyl (C=O) groups is 3. The lowest BCUT2D eigenvalue weighted by atomic mass is 9.85. The van der Waals surface area contributed by atoms with Crippen molar-refractivity contribution in [3.05, 3.63) is 113 Å². The minimum absolute atomic E-state index is 0.133. The zero-order valence-corrected chi connectivity index (χ0v) is 20.8. The molecule has 184 valence electrons. The van der Waals surface area contributed by atoms with E-state index in [0.29, 0.717) is 23.6 Å². The molecule has 3 aliphatic rings. The van der Waals surface area contributed by atoms with Crippen molar-refractivity contribution in [3.63, 3.8) is 0 Å². The summed E-state index contributed by atoms with van der Waals surface area (Å²) in [4.78, 5) is 41.3. The highest BCUT2D eigenvalue weighted by atomic mass is 16.5. The molecule has 0 radical (unpaired) electrons. The van der Waals surface area contributed by atoms with Gasteiger partial charge >= 0.3 is 0 Å². The maximum absolute atomic E-state index is 14.0. The molecule has 2 fully saturated rings. The number of Topliss-reactive ketones (excluding diaryl/α,β-unsaturated/α-hetero) is 1. The lowest BCUT2D eigenvalue weighted by molar-refractivity contribution is -0.123. The second kappa shape index (κ2) is 9.00. The van der Waals surface area contributed by atoms with Crippen LogP contribution in [0.15, 0.2) is 96.6 Å². The van der Waals surface area contributed by atoms with Crippen LogP contribution in [0.3, 0.4) is 0 Å². The van der Waals surface area contributed by atoms with Crippen molar-refractivity contribution in [1.82, 2.24) is 0 Å². The Morgan fingerprint density at radius 1 is 0.784 bits per heavy atom. The van der Waals surface area contributed by atoms with Gasteiger partial charge in [-0.05, 0) is 54.3 Å². The van der Waals surface area contributed by atoms with E-state index in [9.17, 15) is 14.4 Å². The molecule has 1 saturated heterocycles. The van der Waals surface area contributed by atoms with E-state index in [1.807, 2.05) is 43.3 Å². The predicted molar refractivity (Wildman–Crippen MR) is 142 cm³/mol. The van der Waals surface area contributed by atoms with Gasteiger partial charge < -0.3 is 4.74 Å². The van der Waals surface area contributed by atoms with Crippen LogP contribution in [0.1, 0.15) is 35.3 Å². The SMILES string of the molecule is CCOc1ccc(C(C)=O)cc1N1C(=O)[C@@H]2[C@H](C1=O)[C@@H]1C=C[C@@H]2C1=C(c1ccccc1)c1ccccc1. The lowest BCUT2D eigenvalue weighted by Gasteiger charge is -2.23. The smallest absolute Gasteiger partial charge is 0.238 e. The topological polar surface area (TPSA) is 63.7 Å². The molecule has 1 heterocycles. The van der Waals surface area contributed by atoms with Gasteiger partial charge in [-0.25, -0.2) is 4.90 Å². The summed E-state index contributed by atoms with van der Waals surface area (Å²) in [6, 6.07) is 25.3. The molecule has 5 heteroatoms. The summed E-state index contributed by atoms with van der Waals surface area (Å²) < 4.78 is 5.76. The van der Waals surface area contributed by atoms with Gasteiger partial charge in [0.15, 0.2) is 5.78 Å². The first kappa shape index (κ1) is 23.2. The maximum atomic E-state index is 14.0. The van der Waals surface area contributed by atoms with Gasteiger partial charge in [0.2, 0.25) is 11.8 Å². The molecular weight excluding hydrogens is 462 g/mol. The van der Waals surface area contributed by atoms with E-state index < -0.39 is 11.8 Å². The van der Waals surface area contributed by atoms with E-state index in [4.69, 9.17) is 4.74 Å². The molecule has 0 unspecified atom stereocenters. The summed E-state index contributed by atoms with van der Waals surface area (Å²) in [6.45, 7) is 3.70. The first-order chi connectivity index (χ1) is 18.0. The van der Waals surface area contributed by atoms with E-state index in [-0.39, 0.29) is 29.4 Å². The van der Waals surface area contributed by atoms with Crippen molar-refractivity contribution >= 4 is 28.9 Å². The number of ether oxygens (including phenoxy) is 1. The summed E-state index contributed by atoms with van der Waals surface area (Å²) in [5, 5.41) is 0. The zero-order valence-electron chi connectivity index (χ0n) is 20.8. The Morgan fingerprint density at radius 2 is 1.32 bits per heavy atom. The molecule has 1 saturated carbocycles. The third-order valence-electron chi connectivity index (χ3n) is 7.74. The van der Waals surface area contributed by atoms with Crippen LogP contribution in [-0.2, 0) is 9.59 Å². The Morgan fingerprint density at radius 3 is 1.81 bits per heavy atom. The number of nitrogens with zero attached hydrogens (tertiary/aromatic N) is 1. The summed E-state index contributed by atoms with van der Waals surface area (Å²) in [6.07, 6.45) is 4.19. The van der Waals surface area contributed by atoms with E-state index >= 15 is 0 Å². The van der Waals surface area contributed by atoms with Crippen molar-refractivity contribution in [2.75, 3.05) is 11.5 Å². The van der Waals surface area contributed by atoms with Crippen LogP contribution in [0, 0.1) is 23.7 Å². The molecule has 0 spiro atoms. The number of ketones is 1. The first-order valence-corrected chi connectivity index (χ1v) is 12.7. The number of fused-ring (bicyclic) bond motifs is 5. The number of hydrogen-bond donors (Lipinski definition) is 0. The molecule has 2 bridgehead atoms. The zero-order chi connectivity index (χ0) is 25.7. The molecule has 4 atom stereocenters. The van der Waals surface area contributed by atoms with Crippen molar-refractivity contribution in [2.45, 2.75) is 13.8 Å². The van der Waals surface area contributed by atoms with Gasteiger partial charge in [0.25, 0.3) is 0 Å². The summed E-state index contributed by atoms with van der Waals surface area (Å²) >= 11 is 0. The highest BCUT2D eigenvalue weighted by Gasteiger charge is 2.62. The molecule has 0 aromatic heterocycles. The van der Waals surface area contributed by atoms with Gasteiger partial charge in [-0.1, -0.05) is 72.8 Å². The van der Waals surface area contributed by atoms with Gasteiger partial charge in [-0.15, -0.1) is 0 Å². The molecule has 3 aromatic rings. The van der Waals surface area contributed by atoms with E-state index in [2.05, 4.69) is 36.4 Å². The normalized spacial score (nSPS) is 23.5. The second-order valence-electron chi connectivity index (χ2n) is 9.73. The van der Waals surface area contributed by atoms with Crippen molar-refractivity contribution in [1.29, 1.82) is 0 Å². The third-order valence-corrected chi connectivity index (χ3v) is 7.74. The van der Waals surface area contributed by atoms with Gasteiger partial charge in [0.05, 0.1) is 24.1 Å². The molecule has 5 nitrogen and oxygen atoms in total. The molecule has 37 heavy (non-hydrogen) atoms. The van der Waals surface area contributed by atoms with Crippen molar-refractivity contribution in [2.24, 2.45) is 23.7 Å².